The Morgan fingerprint density at radius 2 is 1.83 bits per heavy atom. The molecule has 0 aromatic heterocycles. The van der Waals surface area contributed by atoms with Crippen LogP contribution in [0, 0.1) is 5.82 Å². The lowest BCUT2D eigenvalue weighted by Gasteiger charge is -2.38. The summed E-state index contributed by atoms with van der Waals surface area (Å²) in [6, 6.07) is 4.86. The number of halogens is 1. The summed E-state index contributed by atoms with van der Waals surface area (Å²) in [5.74, 6) is -0.459. The third-order valence-corrected chi connectivity index (χ3v) is 4.02. The molecule has 96 valence electrons. The highest BCUT2D eigenvalue weighted by molar-refractivity contribution is 6.06. The number of carbonyl (C=O) groups is 1. The Kier molecular flexibility index (Phi) is 2.73. The van der Waals surface area contributed by atoms with Gasteiger partial charge in [-0.25, -0.2) is 4.39 Å². The number of carbonyl (C=O) groups excluding carboxylic acids is 1. The molecule has 1 aliphatic heterocycles. The molecule has 0 bridgehead atoms. The molecule has 1 spiro atoms. The summed E-state index contributed by atoms with van der Waals surface area (Å²) in [7, 11) is 0. The van der Waals surface area contributed by atoms with Crippen molar-refractivity contribution in [3.05, 3.63) is 24.0 Å². The summed E-state index contributed by atoms with van der Waals surface area (Å²) in [4.78, 5) is 12.3. The third kappa shape index (κ3) is 1.76. The van der Waals surface area contributed by atoms with Crippen molar-refractivity contribution in [1.82, 2.24) is 0 Å². The molecule has 2 N–H and O–H groups in total. The van der Waals surface area contributed by atoms with E-state index < -0.39 is 5.54 Å². The minimum Gasteiger partial charge on any atom is -0.369 e. The predicted molar refractivity (Wildman–Crippen MR) is 69.1 cm³/mol. The Balaban J connectivity index is 1.98. The molecule has 1 aromatic carbocycles. The molecule has 4 heteroatoms. The SMILES string of the molecule is O=C1Nc2c(F)cccc2NC12CCCCCC2. The maximum Gasteiger partial charge on any atom is 0.250 e. The number of amides is 1. The maximum absolute atomic E-state index is 13.6. The maximum atomic E-state index is 13.6. The molecule has 2 aliphatic rings. The first-order valence-electron chi connectivity index (χ1n) is 6.59. The number of rotatable bonds is 0. The van der Waals surface area contributed by atoms with Crippen LogP contribution in [0.15, 0.2) is 18.2 Å². The summed E-state index contributed by atoms with van der Waals surface area (Å²) in [5, 5.41) is 6.03. The van der Waals surface area contributed by atoms with Gasteiger partial charge in [-0.15, -0.1) is 0 Å². The summed E-state index contributed by atoms with van der Waals surface area (Å²) >= 11 is 0. The first kappa shape index (κ1) is 11.5. The van der Waals surface area contributed by atoms with Crippen molar-refractivity contribution in [2.45, 2.75) is 44.1 Å². The van der Waals surface area contributed by atoms with Crippen LogP contribution in [-0.2, 0) is 4.79 Å². The zero-order chi connectivity index (χ0) is 12.6. The fourth-order valence-electron chi connectivity index (χ4n) is 2.99. The zero-order valence-electron chi connectivity index (χ0n) is 10.3. The zero-order valence-corrected chi connectivity index (χ0v) is 10.3. The number of hydrogen-bond acceptors (Lipinski definition) is 2. The summed E-state index contributed by atoms with van der Waals surface area (Å²) in [6.45, 7) is 0. The number of nitrogens with one attached hydrogen (secondary N) is 2. The monoisotopic (exact) mass is 248 g/mol. The largest absolute Gasteiger partial charge is 0.369 e. The van der Waals surface area contributed by atoms with Gasteiger partial charge in [-0.05, 0) is 25.0 Å². The highest BCUT2D eigenvalue weighted by atomic mass is 19.1. The Labute approximate surface area is 106 Å². The van der Waals surface area contributed by atoms with Crippen molar-refractivity contribution in [3.8, 4) is 0 Å². The number of fused-ring (bicyclic) bond motifs is 1. The normalized spacial score (nSPS) is 21.7. The summed E-state index contributed by atoms with van der Waals surface area (Å²) < 4.78 is 13.6. The molecular weight excluding hydrogens is 231 g/mol. The van der Waals surface area contributed by atoms with Gasteiger partial charge < -0.3 is 10.6 Å². The van der Waals surface area contributed by atoms with E-state index in [1.807, 2.05) is 6.07 Å². The smallest absolute Gasteiger partial charge is 0.250 e. The predicted octanol–water partition coefficient (Wildman–Crippen LogP) is 3.28. The van der Waals surface area contributed by atoms with Crippen LogP contribution < -0.4 is 10.6 Å². The molecule has 1 saturated carbocycles. The molecule has 0 radical (unpaired) electrons. The molecule has 0 saturated heterocycles. The summed E-state index contributed by atoms with van der Waals surface area (Å²) in [5.41, 5.74) is 0.464. The van der Waals surface area contributed by atoms with Gasteiger partial charge in [-0.3, -0.25) is 4.79 Å². The van der Waals surface area contributed by atoms with Crippen LogP contribution in [0.25, 0.3) is 0 Å². The van der Waals surface area contributed by atoms with E-state index in [4.69, 9.17) is 0 Å². The molecule has 0 atom stereocenters. The van der Waals surface area contributed by atoms with Crippen LogP contribution in [0.2, 0.25) is 0 Å². The van der Waals surface area contributed by atoms with E-state index in [0.717, 1.165) is 25.7 Å². The molecule has 1 aliphatic carbocycles. The van der Waals surface area contributed by atoms with Crippen molar-refractivity contribution < 1.29 is 9.18 Å². The second kappa shape index (κ2) is 4.26. The van der Waals surface area contributed by atoms with E-state index in [-0.39, 0.29) is 17.4 Å². The van der Waals surface area contributed by atoms with Crippen LogP contribution in [0.4, 0.5) is 15.8 Å². The minimum atomic E-state index is -0.530. The molecule has 1 aromatic rings. The average molecular weight is 248 g/mol. The molecule has 18 heavy (non-hydrogen) atoms. The number of hydrogen-bond donors (Lipinski definition) is 2. The van der Waals surface area contributed by atoms with Gasteiger partial charge in [0, 0.05) is 0 Å². The highest BCUT2D eigenvalue weighted by Gasteiger charge is 2.42. The van der Waals surface area contributed by atoms with Gasteiger partial charge in [0.2, 0.25) is 5.91 Å². The summed E-state index contributed by atoms with van der Waals surface area (Å²) in [6.07, 6.45) is 6.10. The van der Waals surface area contributed by atoms with Gasteiger partial charge in [0.25, 0.3) is 0 Å². The fourth-order valence-corrected chi connectivity index (χ4v) is 2.99. The van der Waals surface area contributed by atoms with Crippen molar-refractivity contribution in [3.63, 3.8) is 0 Å². The Hall–Kier alpha value is -1.58. The van der Waals surface area contributed by atoms with E-state index in [9.17, 15) is 9.18 Å². The van der Waals surface area contributed by atoms with E-state index in [1.54, 1.807) is 6.07 Å². The second-order valence-corrected chi connectivity index (χ2v) is 5.24. The Morgan fingerprint density at radius 1 is 1.11 bits per heavy atom. The van der Waals surface area contributed by atoms with E-state index in [0.29, 0.717) is 5.69 Å². The highest BCUT2D eigenvalue weighted by Crippen LogP contribution is 2.39. The lowest BCUT2D eigenvalue weighted by Crippen LogP contribution is -2.52. The Morgan fingerprint density at radius 3 is 2.56 bits per heavy atom. The van der Waals surface area contributed by atoms with Gasteiger partial charge in [0.15, 0.2) is 0 Å². The lowest BCUT2D eigenvalue weighted by molar-refractivity contribution is -0.121. The second-order valence-electron chi connectivity index (χ2n) is 5.24. The molecule has 1 heterocycles. The van der Waals surface area contributed by atoms with Gasteiger partial charge >= 0.3 is 0 Å². The van der Waals surface area contributed by atoms with Crippen molar-refractivity contribution in [1.29, 1.82) is 0 Å². The van der Waals surface area contributed by atoms with E-state index in [2.05, 4.69) is 10.6 Å². The Bertz CT molecular complexity index is 479. The van der Waals surface area contributed by atoms with Gasteiger partial charge in [-0.1, -0.05) is 31.7 Å². The van der Waals surface area contributed by atoms with Gasteiger partial charge in [0.05, 0.1) is 5.69 Å². The van der Waals surface area contributed by atoms with Crippen LogP contribution >= 0.6 is 0 Å². The average Bonchev–Trinajstić information content (AvgIpc) is 2.59. The standard InChI is InChI=1S/C14H17FN2O/c15-10-6-5-7-11-12(10)16-13(18)14(17-11)8-3-1-2-4-9-14/h5-7,17H,1-4,8-9H2,(H,16,18). The number of benzene rings is 1. The number of para-hydroxylation sites is 1. The van der Waals surface area contributed by atoms with Crippen LogP contribution in [0.1, 0.15) is 38.5 Å². The third-order valence-electron chi connectivity index (χ3n) is 4.02. The minimum absolute atomic E-state index is 0.0815. The van der Waals surface area contributed by atoms with Crippen LogP contribution in [-0.4, -0.2) is 11.4 Å². The van der Waals surface area contributed by atoms with Crippen molar-refractivity contribution >= 4 is 17.3 Å². The molecular formula is C14H17FN2O. The first-order chi connectivity index (χ1) is 8.71. The molecule has 1 fully saturated rings. The van der Waals surface area contributed by atoms with E-state index in [1.165, 1.54) is 18.9 Å². The molecule has 3 rings (SSSR count). The molecule has 0 unspecified atom stereocenters. The van der Waals surface area contributed by atoms with Crippen molar-refractivity contribution in [2.24, 2.45) is 0 Å². The van der Waals surface area contributed by atoms with E-state index >= 15 is 0 Å². The number of anilines is 2. The first-order valence-corrected chi connectivity index (χ1v) is 6.59. The fraction of sp³-hybridized carbons (Fsp3) is 0.500. The van der Waals surface area contributed by atoms with Crippen LogP contribution in [0.5, 0.6) is 0 Å². The van der Waals surface area contributed by atoms with Gasteiger partial charge in [-0.2, -0.15) is 0 Å². The molecule has 3 nitrogen and oxygen atoms in total. The topological polar surface area (TPSA) is 41.1 Å². The lowest BCUT2D eigenvalue weighted by atomic mass is 9.86. The van der Waals surface area contributed by atoms with Gasteiger partial charge in [0.1, 0.15) is 17.0 Å². The quantitative estimate of drug-likeness (QED) is 0.739. The molecule has 1 amide bonds. The van der Waals surface area contributed by atoms with Crippen LogP contribution in [0.3, 0.4) is 0 Å². The van der Waals surface area contributed by atoms with Crippen molar-refractivity contribution in [2.75, 3.05) is 10.6 Å².